The second-order valence-corrected chi connectivity index (χ2v) is 10.3. The van der Waals surface area contributed by atoms with Crippen LogP contribution >= 0.6 is 0 Å². The summed E-state index contributed by atoms with van der Waals surface area (Å²) in [6.07, 6.45) is 0. The fraction of sp³-hybridized carbons (Fsp3) is 0.267. The van der Waals surface area contributed by atoms with Crippen LogP contribution in [0.3, 0.4) is 0 Å². The number of aryl methyl sites for hydroxylation is 1. The first-order chi connectivity index (χ1) is 16.1. The molecular weight excluding hydrogens is 420 g/mol. The van der Waals surface area contributed by atoms with Crippen molar-refractivity contribution in [2.75, 3.05) is 10.2 Å². The molecule has 174 valence electrons. The van der Waals surface area contributed by atoms with Crippen LogP contribution in [0.15, 0.2) is 78.5 Å². The molecule has 0 saturated carbocycles. The zero-order chi connectivity index (χ0) is 24.6. The van der Waals surface area contributed by atoms with E-state index in [2.05, 4.69) is 52.1 Å². The summed E-state index contributed by atoms with van der Waals surface area (Å²) in [7, 11) is 0. The number of hydrogen-bond acceptors (Lipinski definition) is 3. The molecule has 0 radical (unpaired) electrons. The van der Waals surface area contributed by atoms with Gasteiger partial charge in [-0.2, -0.15) is 0 Å². The highest BCUT2D eigenvalue weighted by atomic mass is 16.2. The molecule has 2 amide bonds. The van der Waals surface area contributed by atoms with Crippen molar-refractivity contribution in [3.63, 3.8) is 0 Å². The van der Waals surface area contributed by atoms with Gasteiger partial charge in [0.1, 0.15) is 5.70 Å². The van der Waals surface area contributed by atoms with Crippen LogP contribution in [-0.4, -0.2) is 11.8 Å². The minimum absolute atomic E-state index is 0.0307. The van der Waals surface area contributed by atoms with Crippen LogP contribution in [0.1, 0.15) is 62.8 Å². The highest BCUT2D eigenvalue weighted by Gasteiger charge is 2.40. The van der Waals surface area contributed by atoms with Crippen LogP contribution in [0, 0.1) is 6.92 Å². The van der Waals surface area contributed by atoms with E-state index in [9.17, 15) is 9.59 Å². The summed E-state index contributed by atoms with van der Waals surface area (Å²) in [6.45, 7) is 12.7. The van der Waals surface area contributed by atoms with Gasteiger partial charge in [-0.3, -0.25) is 9.59 Å². The molecule has 3 aromatic rings. The Morgan fingerprint density at radius 3 is 1.88 bits per heavy atom. The summed E-state index contributed by atoms with van der Waals surface area (Å²) >= 11 is 0. The van der Waals surface area contributed by atoms with Crippen molar-refractivity contribution in [3.8, 4) is 0 Å². The lowest BCUT2D eigenvalue weighted by Gasteiger charge is -2.19. The lowest BCUT2D eigenvalue weighted by Crippen LogP contribution is -2.32. The van der Waals surface area contributed by atoms with Gasteiger partial charge in [0.05, 0.1) is 11.3 Å². The van der Waals surface area contributed by atoms with Gasteiger partial charge in [0.2, 0.25) is 0 Å². The second-order valence-electron chi connectivity index (χ2n) is 10.3. The van der Waals surface area contributed by atoms with Crippen molar-refractivity contribution in [3.05, 3.63) is 101 Å². The Hall–Kier alpha value is -3.66. The maximum Gasteiger partial charge on any atom is 0.282 e. The number of anilines is 2. The molecule has 0 aromatic heterocycles. The van der Waals surface area contributed by atoms with Crippen LogP contribution in [0.25, 0.3) is 5.57 Å². The largest absolute Gasteiger partial charge is 0.350 e. The Labute approximate surface area is 202 Å². The number of rotatable bonds is 5. The van der Waals surface area contributed by atoms with E-state index in [1.165, 1.54) is 10.5 Å². The Balaban J connectivity index is 1.75. The van der Waals surface area contributed by atoms with Crippen LogP contribution in [-0.2, 0) is 15.0 Å². The maximum absolute atomic E-state index is 13.6. The topological polar surface area (TPSA) is 49.4 Å². The van der Waals surface area contributed by atoms with Gasteiger partial charge in [-0.05, 0) is 59.2 Å². The molecule has 1 aliphatic rings. The highest BCUT2D eigenvalue weighted by molar-refractivity contribution is 6.46. The molecule has 34 heavy (non-hydrogen) atoms. The van der Waals surface area contributed by atoms with E-state index < -0.39 is 0 Å². The summed E-state index contributed by atoms with van der Waals surface area (Å²) in [6, 6.07) is 23.4. The zero-order valence-corrected chi connectivity index (χ0v) is 20.8. The summed E-state index contributed by atoms with van der Waals surface area (Å²) in [5.74, 6) is -0.300. The molecule has 3 aromatic carbocycles. The first-order valence-electron chi connectivity index (χ1n) is 11.7. The first kappa shape index (κ1) is 23.5. The molecule has 0 bridgehead atoms. The van der Waals surface area contributed by atoms with Crippen LogP contribution < -0.4 is 10.2 Å². The van der Waals surface area contributed by atoms with Gasteiger partial charge in [0.15, 0.2) is 0 Å². The van der Waals surface area contributed by atoms with Crippen molar-refractivity contribution in [2.45, 2.75) is 52.9 Å². The highest BCUT2D eigenvalue weighted by Crippen LogP contribution is 2.35. The lowest BCUT2D eigenvalue weighted by atomic mass is 9.87. The minimum atomic E-state index is -0.349. The first-order valence-corrected chi connectivity index (χ1v) is 11.7. The molecule has 4 rings (SSSR count). The predicted molar refractivity (Wildman–Crippen MR) is 140 cm³/mol. The summed E-state index contributed by atoms with van der Waals surface area (Å²) in [4.78, 5) is 28.5. The monoisotopic (exact) mass is 452 g/mol. The van der Waals surface area contributed by atoms with E-state index in [0.717, 1.165) is 22.4 Å². The Morgan fingerprint density at radius 2 is 1.35 bits per heavy atom. The van der Waals surface area contributed by atoms with Crippen LogP contribution in [0.2, 0.25) is 0 Å². The smallest absolute Gasteiger partial charge is 0.282 e. The van der Waals surface area contributed by atoms with E-state index in [1.807, 2.05) is 67.6 Å². The number of carbonyl (C=O) groups is 2. The quantitative estimate of drug-likeness (QED) is 0.433. The molecule has 4 nitrogen and oxygen atoms in total. The Bertz CT molecular complexity index is 1240. The van der Waals surface area contributed by atoms with Crippen molar-refractivity contribution >= 4 is 28.8 Å². The van der Waals surface area contributed by atoms with Crippen LogP contribution in [0.5, 0.6) is 0 Å². The molecule has 1 heterocycles. The van der Waals surface area contributed by atoms with E-state index in [0.29, 0.717) is 22.9 Å². The Kier molecular flexibility index (Phi) is 6.18. The van der Waals surface area contributed by atoms with Crippen molar-refractivity contribution in [1.82, 2.24) is 0 Å². The van der Waals surface area contributed by atoms with E-state index in [1.54, 1.807) is 0 Å². The number of nitrogens with zero attached hydrogens (tertiary/aromatic N) is 1. The van der Waals surface area contributed by atoms with E-state index in [4.69, 9.17) is 0 Å². The van der Waals surface area contributed by atoms with Gasteiger partial charge >= 0.3 is 0 Å². The number of imide groups is 1. The molecular formula is C30H32N2O2. The fourth-order valence-corrected chi connectivity index (χ4v) is 4.07. The van der Waals surface area contributed by atoms with Crippen molar-refractivity contribution < 1.29 is 9.59 Å². The SMILES string of the molecule is Cc1ccc(C2=C(Nc3ccc(C(C)(C)C)cc3)C(=O)N(c3ccc(C(C)C)cc3)C2=O)cc1. The molecule has 0 atom stereocenters. The maximum atomic E-state index is 13.6. The molecule has 0 fully saturated rings. The van der Waals surface area contributed by atoms with Crippen LogP contribution in [0.4, 0.5) is 11.4 Å². The molecule has 0 spiro atoms. The van der Waals surface area contributed by atoms with Gasteiger partial charge in [-0.25, -0.2) is 4.90 Å². The molecule has 0 saturated heterocycles. The molecule has 4 heteroatoms. The fourth-order valence-electron chi connectivity index (χ4n) is 4.07. The standard InChI is InChI=1S/C30H32N2O2/c1-19(2)21-11-17-25(18-12-21)32-28(33)26(22-9-7-20(3)8-10-22)27(29(32)34)31-24-15-13-23(14-16-24)30(4,5)6/h7-19,31H,1-6H3. The number of benzene rings is 3. The van der Waals surface area contributed by atoms with Gasteiger partial charge in [0.25, 0.3) is 11.8 Å². The number of carbonyl (C=O) groups excluding carboxylic acids is 2. The summed E-state index contributed by atoms with van der Waals surface area (Å²) < 4.78 is 0. The summed E-state index contributed by atoms with van der Waals surface area (Å²) in [5.41, 5.74) is 6.23. The Morgan fingerprint density at radius 1 is 0.765 bits per heavy atom. The minimum Gasteiger partial charge on any atom is -0.350 e. The second kappa shape index (κ2) is 8.94. The van der Waals surface area contributed by atoms with Gasteiger partial charge in [-0.1, -0.05) is 88.7 Å². The average molecular weight is 453 g/mol. The van der Waals surface area contributed by atoms with E-state index in [-0.39, 0.29) is 17.2 Å². The molecule has 0 aliphatic carbocycles. The number of hydrogen-bond donors (Lipinski definition) is 1. The van der Waals surface area contributed by atoms with Gasteiger partial charge in [-0.15, -0.1) is 0 Å². The summed E-state index contributed by atoms with van der Waals surface area (Å²) in [5, 5.41) is 3.26. The van der Waals surface area contributed by atoms with E-state index >= 15 is 0 Å². The third-order valence-corrected chi connectivity index (χ3v) is 6.26. The lowest BCUT2D eigenvalue weighted by molar-refractivity contribution is -0.120. The van der Waals surface area contributed by atoms with Crippen molar-refractivity contribution in [2.24, 2.45) is 0 Å². The predicted octanol–water partition coefficient (Wildman–Crippen LogP) is 6.81. The third-order valence-electron chi connectivity index (χ3n) is 6.26. The number of nitrogens with one attached hydrogen (secondary N) is 1. The molecule has 1 aliphatic heterocycles. The van der Waals surface area contributed by atoms with Gasteiger partial charge in [0, 0.05) is 5.69 Å². The average Bonchev–Trinajstić information content (AvgIpc) is 3.03. The number of amides is 2. The molecule has 1 N–H and O–H groups in total. The zero-order valence-electron chi connectivity index (χ0n) is 20.8. The normalized spacial score (nSPS) is 14.4. The molecule has 0 unspecified atom stereocenters. The third kappa shape index (κ3) is 4.54. The van der Waals surface area contributed by atoms with Crippen molar-refractivity contribution in [1.29, 1.82) is 0 Å². The van der Waals surface area contributed by atoms with Gasteiger partial charge < -0.3 is 5.32 Å².